The number of nitrogens with one attached hydrogen (secondary N) is 1. The summed E-state index contributed by atoms with van der Waals surface area (Å²) in [5.74, 6) is 1.15. The van der Waals surface area contributed by atoms with Crippen LogP contribution in [0.4, 0.5) is 5.82 Å². The Labute approximate surface area is 142 Å². The van der Waals surface area contributed by atoms with Crippen LogP contribution in [-0.4, -0.2) is 21.3 Å². The van der Waals surface area contributed by atoms with Gasteiger partial charge < -0.3 is 5.32 Å². The Morgan fingerprint density at radius 1 is 1.08 bits per heavy atom. The number of nitrogens with zero attached hydrogens (tertiary/aromatic N) is 3. The molecular formula is C20H22N4. The summed E-state index contributed by atoms with van der Waals surface area (Å²) in [6, 6.07) is 12.6. The number of aromatic nitrogens is 3. The van der Waals surface area contributed by atoms with Crippen LogP contribution in [0.25, 0.3) is 16.9 Å². The highest BCUT2D eigenvalue weighted by atomic mass is 15.3. The number of hydrogen-bond donors (Lipinski definition) is 1. The Hall–Kier alpha value is -2.62. The molecule has 4 rings (SSSR count). The van der Waals surface area contributed by atoms with Gasteiger partial charge in [0, 0.05) is 30.1 Å². The Balaban J connectivity index is 1.93. The Bertz CT molecular complexity index is 836. The number of para-hydroxylation sites is 1. The van der Waals surface area contributed by atoms with Gasteiger partial charge in [0.05, 0.1) is 11.4 Å². The predicted molar refractivity (Wildman–Crippen MR) is 97.6 cm³/mol. The van der Waals surface area contributed by atoms with Crippen molar-refractivity contribution in [1.82, 2.24) is 14.8 Å². The summed E-state index contributed by atoms with van der Waals surface area (Å²) in [4.78, 5) is 4.14. The molecule has 0 fully saturated rings. The van der Waals surface area contributed by atoms with E-state index >= 15 is 0 Å². The average Bonchev–Trinajstić information content (AvgIpc) is 2.83. The molecule has 0 unspecified atom stereocenters. The van der Waals surface area contributed by atoms with Crippen LogP contribution in [0, 0.1) is 0 Å². The first kappa shape index (κ1) is 14.9. The topological polar surface area (TPSA) is 42.7 Å². The van der Waals surface area contributed by atoms with Crippen LogP contribution in [0.1, 0.15) is 30.9 Å². The molecule has 1 aliphatic rings. The van der Waals surface area contributed by atoms with Crippen LogP contribution in [-0.2, 0) is 12.8 Å². The van der Waals surface area contributed by atoms with Crippen LogP contribution in [0.15, 0.2) is 48.8 Å². The third-order valence-corrected chi connectivity index (χ3v) is 4.68. The lowest BCUT2D eigenvalue weighted by Gasteiger charge is -2.12. The van der Waals surface area contributed by atoms with Crippen LogP contribution >= 0.6 is 0 Å². The number of rotatable bonds is 3. The molecule has 1 aromatic carbocycles. The monoisotopic (exact) mass is 318 g/mol. The van der Waals surface area contributed by atoms with Gasteiger partial charge in [0.15, 0.2) is 0 Å². The van der Waals surface area contributed by atoms with Crippen LogP contribution in [0.2, 0.25) is 0 Å². The van der Waals surface area contributed by atoms with E-state index in [9.17, 15) is 0 Å². The maximum absolute atomic E-state index is 5.01. The summed E-state index contributed by atoms with van der Waals surface area (Å²) in [6.07, 6.45) is 8.12. The number of aryl methyl sites for hydroxylation is 1. The second-order valence-corrected chi connectivity index (χ2v) is 6.19. The predicted octanol–water partition coefficient (Wildman–Crippen LogP) is 4.24. The number of anilines is 1. The lowest BCUT2D eigenvalue weighted by Crippen LogP contribution is -2.08. The lowest BCUT2D eigenvalue weighted by molar-refractivity contribution is 0.779. The third-order valence-electron chi connectivity index (χ3n) is 4.68. The second-order valence-electron chi connectivity index (χ2n) is 6.19. The molecule has 0 radical (unpaired) electrons. The second kappa shape index (κ2) is 6.48. The largest absolute Gasteiger partial charge is 0.370 e. The van der Waals surface area contributed by atoms with E-state index in [0.717, 1.165) is 36.5 Å². The molecule has 122 valence electrons. The summed E-state index contributed by atoms with van der Waals surface area (Å²) in [7, 11) is 0. The molecule has 4 nitrogen and oxygen atoms in total. The van der Waals surface area contributed by atoms with Crippen molar-refractivity contribution in [2.24, 2.45) is 0 Å². The molecule has 0 aliphatic carbocycles. The molecular weight excluding hydrogens is 296 g/mol. The van der Waals surface area contributed by atoms with Crippen LogP contribution in [0.5, 0.6) is 0 Å². The van der Waals surface area contributed by atoms with Gasteiger partial charge in [-0.15, -0.1) is 0 Å². The number of fused-ring (bicyclic) bond motifs is 1. The summed E-state index contributed by atoms with van der Waals surface area (Å²) in [5, 5.41) is 8.63. The first-order valence-electron chi connectivity index (χ1n) is 8.73. The molecule has 1 aliphatic heterocycles. The molecule has 3 heterocycles. The normalized spacial score (nSPS) is 13.9. The fraction of sp³-hybridized carbons (Fsp3) is 0.300. The molecule has 0 saturated carbocycles. The maximum Gasteiger partial charge on any atom is 0.133 e. The van der Waals surface area contributed by atoms with Crippen molar-refractivity contribution in [1.29, 1.82) is 0 Å². The SMILES string of the molecule is CCc1ccccc1-n1nc(-c2ccncc2)c2c1NCCCC2. The van der Waals surface area contributed by atoms with E-state index in [-0.39, 0.29) is 0 Å². The minimum atomic E-state index is 0.995. The number of hydrogen-bond acceptors (Lipinski definition) is 3. The first-order chi connectivity index (χ1) is 11.9. The van der Waals surface area contributed by atoms with E-state index in [1.54, 1.807) is 0 Å². The van der Waals surface area contributed by atoms with Crippen molar-refractivity contribution < 1.29 is 0 Å². The molecule has 0 amide bonds. The summed E-state index contributed by atoms with van der Waals surface area (Å²) >= 11 is 0. The van der Waals surface area contributed by atoms with Gasteiger partial charge >= 0.3 is 0 Å². The fourth-order valence-electron chi connectivity index (χ4n) is 3.43. The van der Waals surface area contributed by atoms with Crippen molar-refractivity contribution in [2.75, 3.05) is 11.9 Å². The van der Waals surface area contributed by atoms with Crippen molar-refractivity contribution in [3.8, 4) is 16.9 Å². The van der Waals surface area contributed by atoms with Crippen LogP contribution < -0.4 is 5.32 Å². The molecule has 3 aromatic rings. The zero-order valence-corrected chi connectivity index (χ0v) is 14.0. The molecule has 2 aromatic heterocycles. The quantitative estimate of drug-likeness (QED) is 0.785. The number of pyridine rings is 1. The summed E-state index contributed by atoms with van der Waals surface area (Å²) < 4.78 is 2.11. The molecule has 0 spiro atoms. The van der Waals surface area contributed by atoms with Crippen LogP contribution in [0.3, 0.4) is 0 Å². The summed E-state index contributed by atoms with van der Waals surface area (Å²) in [5.41, 5.74) is 6.02. The Morgan fingerprint density at radius 3 is 2.75 bits per heavy atom. The molecule has 24 heavy (non-hydrogen) atoms. The van der Waals surface area contributed by atoms with Crippen molar-refractivity contribution in [3.05, 3.63) is 59.9 Å². The minimum absolute atomic E-state index is 0.995. The first-order valence-corrected chi connectivity index (χ1v) is 8.73. The molecule has 1 N–H and O–H groups in total. The fourth-order valence-corrected chi connectivity index (χ4v) is 3.43. The smallest absolute Gasteiger partial charge is 0.133 e. The highest BCUT2D eigenvalue weighted by Gasteiger charge is 2.22. The van der Waals surface area contributed by atoms with Gasteiger partial charge in [-0.2, -0.15) is 5.10 Å². The van der Waals surface area contributed by atoms with Gasteiger partial charge in [0.2, 0.25) is 0 Å². The van der Waals surface area contributed by atoms with E-state index < -0.39 is 0 Å². The van der Waals surface area contributed by atoms with Gasteiger partial charge in [-0.1, -0.05) is 25.1 Å². The lowest BCUT2D eigenvalue weighted by atomic mass is 10.0. The molecule has 0 atom stereocenters. The van der Waals surface area contributed by atoms with Gasteiger partial charge in [-0.3, -0.25) is 4.98 Å². The van der Waals surface area contributed by atoms with E-state index in [4.69, 9.17) is 5.10 Å². The van der Waals surface area contributed by atoms with Gasteiger partial charge in [-0.05, 0) is 49.4 Å². The Kier molecular flexibility index (Phi) is 4.03. The van der Waals surface area contributed by atoms with Crippen molar-refractivity contribution >= 4 is 5.82 Å². The van der Waals surface area contributed by atoms with Crippen molar-refractivity contribution in [2.45, 2.75) is 32.6 Å². The maximum atomic E-state index is 5.01. The zero-order valence-electron chi connectivity index (χ0n) is 14.0. The van der Waals surface area contributed by atoms with Gasteiger partial charge in [0.25, 0.3) is 0 Å². The molecule has 0 bridgehead atoms. The highest BCUT2D eigenvalue weighted by molar-refractivity contribution is 5.71. The number of benzene rings is 1. The zero-order chi connectivity index (χ0) is 16.4. The van der Waals surface area contributed by atoms with E-state index in [0.29, 0.717) is 0 Å². The van der Waals surface area contributed by atoms with Gasteiger partial charge in [0.1, 0.15) is 5.82 Å². The van der Waals surface area contributed by atoms with Crippen molar-refractivity contribution in [3.63, 3.8) is 0 Å². The molecule has 4 heteroatoms. The van der Waals surface area contributed by atoms with Gasteiger partial charge in [-0.25, -0.2) is 4.68 Å². The van der Waals surface area contributed by atoms with E-state index in [2.05, 4.69) is 46.2 Å². The summed E-state index contributed by atoms with van der Waals surface area (Å²) in [6.45, 7) is 3.20. The average molecular weight is 318 g/mol. The minimum Gasteiger partial charge on any atom is -0.370 e. The van der Waals surface area contributed by atoms with E-state index in [1.165, 1.54) is 29.7 Å². The van der Waals surface area contributed by atoms with E-state index in [1.807, 2.05) is 24.5 Å². The Morgan fingerprint density at radius 2 is 1.92 bits per heavy atom. The third kappa shape index (κ3) is 2.58. The highest BCUT2D eigenvalue weighted by Crippen LogP contribution is 2.34. The standard InChI is InChI=1S/C20H22N4/c1-2-15-7-3-4-9-18(15)24-20-17(8-5-6-12-22-20)19(23-24)16-10-13-21-14-11-16/h3-4,7,9-11,13-14,22H,2,5-6,8,12H2,1H3. The molecule has 0 saturated heterocycles.